The molecular weight excluding hydrogens is 271 g/mol. The van der Waals surface area contributed by atoms with E-state index in [9.17, 15) is 9.18 Å². The van der Waals surface area contributed by atoms with Crippen molar-refractivity contribution in [2.75, 3.05) is 26.8 Å². The third kappa shape index (κ3) is 4.85. The Morgan fingerprint density at radius 2 is 2.19 bits per heavy atom. The van der Waals surface area contributed by atoms with Gasteiger partial charge in [0.1, 0.15) is 5.82 Å². The Bertz CT molecular complexity index is 547. The molecule has 1 aromatic rings. The van der Waals surface area contributed by atoms with Gasteiger partial charge in [-0.1, -0.05) is 11.8 Å². The summed E-state index contributed by atoms with van der Waals surface area (Å²) in [5, 5.41) is 0. The standard InChI is InChI=1S/C16H21FN2O2/c1-12(2)19(9-10-21-3)16(20)15-11-14(17)7-6-13(15)5-4-8-18/h6-7,11-12H,8-10,18H2,1-3H3. The number of halogens is 1. The Morgan fingerprint density at radius 3 is 2.76 bits per heavy atom. The molecule has 0 fully saturated rings. The third-order valence-electron chi connectivity index (χ3n) is 2.96. The molecule has 2 N–H and O–H groups in total. The van der Waals surface area contributed by atoms with Crippen LogP contribution in [0, 0.1) is 17.7 Å². The Morgan fingerprint density at radius 1 is 1.48 bits per heavy atom. The Labute approximate surface area is 125 Å². The highest BCUT2D eigenvalue weighted by Gasteiger charge is 2.21. The lowest BCUT2D eigenvalue weighted by Crippen LogP contribution is -2.39. The molecule has 1 rings (SSSR count). The average molecular weight is 292 g/mol. The highest BCUT2D eigenvalue weighted by atomic mass is 19.1. The highest BCUT2D eigenvalue weighted by molar-refractivity contribution is 5.97. The van der Waals surface area contributed by atoms with Crippen LogP contribution in [-0.4, -0.2) is 43.7 Å². The number of carbonyl (C=O) groups is 1. The van der Waals surface area contributed by atoms with Gasteiger partial charge in [0, 0.05) is 25.3 Å². The summed E-state index contributed by atoms with van der Waals surface area (Å²) >= 11 is 0. The topological polar surface area (TPSA) is 55.6 Å². The number of rotatable bonds is 5. The van der Waals surface area contributed by atoms with Crippen molar-refractivity contribution in [2.24, 2.45) is 5.73 Å². The van der Waals surface area contributed by atoms with Gasteiger partial charge in [0.2, 0.25) is 0 Å². The number of methoxy groups -OCH3 is 1. The van der Waals surface area contributed by atoms with Crippen LogP contribution in [0.5, 0.6) is 0 Å². The molecule has 0 spiro atoms. The molecule has 114 valence electrons. The van der Waals surface area contributed by atoms with Crippen LogP contribution in [0.25, 0.3) is 0 Å². The van der Waals surface area contributed by atoms with Crippen LogP contribution in [0.1, 0.15) is 29.8 Å². The van der Waals surface area contributed by atoms with Crippen molar-refractivity contribution < 1.29 is 13.9 Å². The molecule has 4 nitrogen and oxygen atoms in total. The SMILES string of the molecule is COCCN(C(=O)c1cc(F)ccc1C#CCN)C(C)C. The Balaban J connectivity index is 3.16. The van der Waals surface area contributed by atoms with Gasteiger partial charge in [-0.3, -0.25) is 4.79 Å². The van der Waals surface area contributed by atoms with Crippen LogP contribution >= 0.6 is 0 Å². The maximum absolute atomic E-state index is 13.5. The quantitative estimate of drug-likeness (QED) is 0.839. The average Bonchev–Trinajstić information content (AvgIpc) is 2.45. The molecule has 0 aliphatic carbocycles. The monoisotopic (exact) mass is 292 g/mol. The third-order valence-corrected chi connectivity index (χ3v) is 2.96. The van der Waals surface area contributed by atoms with Gasteiger partial charge in [-0.25, -0.2) is 4.39 Å². The van der Waals surface area contributed by atoms with E-state index in [4.69, 9.17) is 10.5 Å². The van der Waals surface area contributed by atoms with Crippen molar-refractivity contribution in [3.63, 3.8) is 0 Å². The molecule has 0 saturated heterocycles. The number of amides is 1. The largest absolute Gasteiger partial charge is 0.383 e. The van der Waals surface area contributed by atoms with E-state index in [0.29, 0.717) is 18.7 Å². The van der Waals surface area contributed by atoms with Gasteiger partial charge in [0.25, 0.3) is 5.91 Å². The van der Waals surface area contributed by atoms with Gasteiger partial charge in [-0.15, -0.1) is 0 Å². The van der Waals surface area contributed by atoms with Crippen LogP contribution in [-0.2, 0) is 4.74 Å². The number of carbonyl (C=O) groups excluding carboxylic acids is 1. The summed E-state index contributed by atoms with van der Waals surface area (Å²) in [7, 11) is 1.57. The smallest absolute Gasteiger partial charge is 0.255 e. The van der Waals surface area contributed by atoms with Crippen molar-refractivity contribution >= 4 is 5.91 Å². The van der Waals surface area contributed by atoms with Gasteiger partial charge in [0.05, 0.1) is 18.7 Å². The lowest BCUT2D eigenvalue weighted by Gasteiger charge is -2.27. The molecule has 0 unspecified atom stereocenters. The minimum absolute atomic E-state index is 0.0220. The number of nitrogens with zero attached hydrogens (tertiary/aromatic N) is 1. The van der Waals surface area contributed by atoms with E-state index >= 15 is 0 Å². The zero-order chi connectivity index (χ0) is 15.8. The number of hydrogen-bond acceptors (Lipinski definition) is 3. The minimum atomic E-state index is -0.466. The number of ether oxygens (including phenoxy) is 1. The van der Waals surface area contributed by atoms with Crippen molar-refractivity contribution in [3.05, 3.63) is 35.1 Å². The zero-order valence-corrected chi connectivity index (χ0v) is 12.6. The molecule has 0 heterocycles. The first-order chi connectivity index (χ1) is 10.0. The normalized spacial score (nSPS) is 10.2. The second-order valence-electron chi connectivity index (χ2n) is 4.78. The lowest BCUT2D eigenvalue weighted by atomic mass is 10.1. The van der Waals surface area contributed by atoms with E-state index in [-0.39, 0.29) is 24.1 Å². The molecule has 0 aliphatic rings. The molecule has 0 bridgehead atoms. The zero-order valence-electron chi connectivity index (χ0n) is 12.6. The second-order valence-corrected chi connectivity index (χ2v) is 4.78. The van der Waals surface area contributed by atoms with Crippen LogP contribution in [0.3, 0.4) is 0 Å². The molecule has 1 aromatic carbocycles. The van der Waals surface area contributed by atoms with E-state index in [1.807, 2.05) is 13.8 Å². The first-order valence-corrected chi connectivity index (χ1v) is 6.79. The molecule has 0 aromatic heterocycles. The van der Waals surface area contributed by atoms with Gasteiger partial charge in [-0.05, 0) is 32.0 Å². The number of nitrogens with two attached hydrogens (primary N) is 1. The summed E-state index contributed by atoms with van der Waals surface area (Å²) in [6.07, 6.45) is 0. The van der Waals surface area contributed by atoms with E-state index in [0.717, 1.165) is 0 Å². The maximum atomic E-state index is 13.5. The molecule has 5 heteroatoms. The number of hydrogen-bond donors (Lipinski definition) is 1. The minimum Gasteiger partial charge on any atom is -0.383 e. The first kappa shape index (κ1) is 17.2. The maximum Gasteiger partial charge on any atom is 0.255 e. The summed E-state index contributed by atoms with van der Waals surface area (Å²) in [5.41, 5.74) is 6.08. The molecule has 0 radical (unpaired) electrons. The van der Waals surface area contributed by atoms with Crippen LogP contribution in [0.15, 0.2) is 18.2 Å². The fourth-order valence-corrected chi connectivity index (χ4v) is 1.89. The van der Waals surface area contributed by atoms with Crippen molar-refractivity contribution in [2.45, 2.75) is 19.9 Å². The fraction of sp³-hybridized carbons (Fsp3) is 0.438. The van der Waals surface area contributed by atoms with Gasteiger partial charge >= 0.3 is 0 Å². The van der Waals surface area contributed by atoms with Crippen molar-refractivity contribution in [1.82, 2.24) is 4.90 Å². The molecule has 0 aliphatic heterocycles. The molecule has 1 amide bonds. The predicted molar refractivity (Wildman–Crippen MR) is 80.4 cm³/mol. The van der Waals surface area contributed by atoms with Crippen LogP contribution < -0.4 is 5.73 Å². The Hall–Kier alpha value is -1.90. The van der Waals surface area contributed by atoms with E-state index < -0.39 is 5.82 Å². The Kier molecular flexibility index (Phi) is 6.86. The van der Waals surface area contributed by atoms with Gasteiger partial charge in [-0.2, -0.15) is 0 Å². The molecule has 0 atom stereocenters. The van der Waals surface area contributed by atoms with Gasteiger partial charge in [0.15, 0.2) is 0 Å². The molecule has 0 saturated carbocycles. The summed E-state index contributed by atoms with van der Waals surface area (Å²) in [5.74, 6) is 4.77. The van der Waals surface area contributed by atoms with E-state index in [1.165, 1.54) is 18.2 Å². The van der Waals surface area contributed by atoms with Gasteiger partial charge < -0.3 is 15.4 Å². The first-order valence-electron chi connectivity index (χ1n) is 6.79. The predicted octanol–water partition coefficient (Wildman–Crippen LogP) is 1.63. The summed E-state index contributed by atoms with van der Waals surface area (Å²) < 4.78 is 18.5. The number of benzene rings is 1. The van der Waals surface area contributed by atoms with E-state index in [1.54, 1.807) is 12.0 Å². The molecule has 21 heavy (non-hydrogen) atoms. The van der Waals surface area contributed by atoms with Crippen LogP contribution in [0.2, 0.25) is 0 Å². The lowest BCUT2D eigenvalue weighted by molar-refractivity contribution is 0.0634. The summed E-state index contributed by atoms with van der Waals surface area (Å²) in [6, 6.07) is 3.98. The highest BCUT2D eigenvalue weighted by Crippen LogP contribution is 2.15. The van der Waals surface area contributed by atoms with E-state index in [2.05, 4.69) is 11.8 Å². The second kappa shape index (κ2) is 8.40. The van der Waals surface area contributed by atoms with Crippen molar-refractivity contribution in [3.8, 4) is 11.8 Å². The summed E-state index contributed by atoms with van der Waals surface area (Å²) in [4.78, 5) is 14.3. The van der Waals surface area contributed by atoms with Crippen LogP contribution in [0.4, 0.5) is 4.39 Å². The fourth-order valence-electron chi connectivity index (χ4n) is 1.89. The molecular formula is C16H21FN2O2. The summed E-state index contributed by atoms with van der Waals surface area (Å²) in [6.45, 7) is 4.84. The van der Waals surface area contributed by atoms with Crippen molar-refractivity contribution in [1.29, 1.82) is 0 Å².